The van der Waals surface area contributed by atoms with E-state index < -0.39 is 6.09 Å². The molecule has 0 atom stereocenters. The summed E-state index contributed by atoms with van der Waals surface area (Å²) in [5, 5.41) is 2.48. The van der Waals surface area contributed by atoms with Gasteiger partial charge in [0.05, 0.1) is 0 Å². The van der Waals surface area contributed by atoms with Crippen molar-refractivity contribution >= 4 is 13.6 Å². The second kappa shape index (κ2) is 5.06. The summed E-state index contributed by atoms with van der Waals surface area (Å²) < 4.78 is 11.7. The highest BCUT2D eigenvalue weighted by Crippen LogP contribution is 2.28. The van der Waals surface area contributed by atoms with Crippen LogP contribution in [-0.4, -0.2) is 20.1 Å². The quantitative estimate of drug-likeness (QED) is 0.654. The molecule has 0 heterocycles. The Kier molecular flexibility index (Phi) is 3.36. The molecule has 1 rings (SSSR count). The number of carbonyl (C=O) groups is 1. The third kappa shape index (κ3) is 3.16. The summed E-state index contributed by atoms with van der Waals surface area (Å²) in [6.45, 7) is 0.551. The van der Waals surface area contributed by atoms with Crippen molar-refractivity contribution in [3.63, 3.8) is 0 Å². The molecule has 1 fully saturated rings. The van der Waals surface area contributed by atoms with Crippen LogP contribution in [0.25, 0.3) is 0 Å². The number of hydrogen-bond donors (Lipinski definition) is 1. The number of carbonyl (C=O) groups excluding carboxylic acids is 1. The average molecular weight is 170 g/mol. The van der Waals surface area contributed by atoms with Crippen LogP contribution < -0.4 is 5.32 Å². The van der Waals surface area contributed by atoms with E-state index in [9.17, 15) is 4.79 Å². The Bertz CT molecular complexity index is 162. The molecule has 0 aromatic rings. The molecule has 1 amide bonds. The predicted octanol–water partition coefficient (Wildman–Crippen LogP) is 1.71. The highest BCUT2D eigenvalue weighted by Gasteiger charge is 2.19. The first-order valence-electron chi connectivity index (χ1n) is 5.10. The van der Waals surface area contributed by atoms with Crippen LogP contribution in [0.1, 0.15) is 34.0 Å². The van der Waals surface area contributed by atoms with Gasteiger partial charge in [0.2, 0.25) is 0 Å². The molecule has 0 bridgehead atoms. The Morgan fingerprint density at radius 2 is 2.50 bits per heavy atom. The Hall–Kier alpha value is -0.665. The zero-order chi connectivity index (χ0) is 9.52. The fourth-order valence-electron chi connectivity index (χ4n) is 1.40. The average Bonchev–Trinajstić information content (AvgIpc) is 2.64. The van der Waals surface area contributed by atoms with Crippen LogP contribution in [-0.2, 0) is 4.65 Å². The maximum absolute atomic E-state index is 10.9. The summed E-state index contributed by atoms with van der Waals surface area (Å²) in [5.74, 6) is 0.446. The van der Waals surface area contributed by atoms with Gasteiger partial charge >= 0.3 is 13.6 Å². The first-order valence-corrected chi connectivity index (χ1v) is 4.40. The molecule has 3 nitrogen and oxygen atoms in total. The zero-order valence-corrected chi connectivity index (χ0v) is 7.21. The standard InChI is InChI=1S/C8H15BNO2/c1-2-10-8(11)12-9-7-5-3-4-6-7/h7H,2-6H2,1H3,(H,10,11)/i1T. The van der Waals surface area contributed by atoms with Gasteiger partial charge in [0, 0.05) is 7.92 Å². The molecule has 4 heteroatoms. The van der Waals surface area contributed by atoms with Crippen LogP contribution in [0.15, 0.2) is 0 Å². The lowest BCUT2D eigenvalue weighted by atomic mass is 9.79. The summed E-state index contributed by atoms with van der Waals surface area (Å²) in [4.78, 5) is 10.9. The lowest BCUT2D eigenvalue weighted by Gasteiger charge is -2.07. The van der Waals surface area contributed by atoms with E-state index >= 15 is 0 Å². The van der Waals surface area contributed by atoms with Crippen molar-refractivity contribution in [2.24, 2.45) is 0 Å². The summed E-state index contributed by atoms with van der Waals surface area (Å²) in [5.41, 5.74) is 0. The molecule has 0 unspecified atom stereocenters. The van der Waals surface area contributed by atoms with Crippen LogP contribution in [0.3, 0.4) is 0 Å². The Labute approximate surface area is 75.5 Å². The van der Waals surface area contributed by atoms with Crippen molar-refractivity contribution in [2.45, 2.75) is 38.4 Å². The molecule has 67 valence electrons. The summed E-state index contributed by atoms with van der Waals surface area (Å²) in [7, 11) is 1.63. The van der Waals surface area contributed by atoms with E-state index in [4.69, 9.17) is 6.03 Å². The van der Waals surface area contributed by atoms with E-state index in [0.29, 0.717) is 12.4 Å². The Morgan fingerprint density at radius 3 is 3.17 bits per heavy atom. The van der Waals surface area contributed by atoms with Gasteiger partial charge in [-0.2, -0.15) is 0 Å². The van der Waals surface area contributed by atoms with E-state index in [1.165, 1.54) is 12.8 Å². The Morgan fingerprint density at radius 1 is 1.75 bits per heavy atom. The number of nitrogens with one attached hydrogen (secondary N) is 1. The molecule has 1 aliphatic carbocycles. The largest absolute Gasteiger partial charge is 0.523 e. The van der Waals surface area contributed by atoms with Crippen molar-refractivity contribution in [1.29, 1.82) is 0 Å². The third-order valence-electron chi connectivity index (χ3n) is 2.04. The topological polar surface area (TPSA) is 38.3 Å². The predicted molar refractivity (Wildman–Crippen MR) is 48.1 cm³/mol. The molecule has 1 saturated carbocycles. The van der Waals surface area contributed by atoms with Crippen LogP contribution >= 0.6 is 0 Å². The van der Waals surface area contributed by atoms with Crippen LogP contribution in [0.5, 0.6) is 0 Å². The van der Waals surface area contributed by atoms with Gasteiger partial charge in [-0.25, -0.2) is 4.79 Å². The molecule has 1 radical (unpaired) electrons. The second-order valence-electron chi connectivity index (χ2n) is 3.01. The van der Waals surface area contributed by atoms with Crippen molar-refractivity contribution in [3.8, 4) is 0 Å². The van der Waals surface area contributed by atoms with Crippen LogP contribution in [0.4, 0.5) is 4.79 Å². The minimum atomic E-state index is -0.431. The fraction of sp³-hybridized carbons (Fsp3) is 0.875. The lowest BCUT2D eigenvalue weighted by Crippen LogP contribution is -2.26. The summed E-state index contributed by atoms with van der Waals surface area (Å²) in [6, 6.07) is 0. The van der Waals surface area contributed by atoms with Gasteiger partial charge < -0.3 is 9.97 Å². The van der Waals surface area contributed by atoms with E-state index in [-0.39, 0.29) is 6.90 Å². The lowest BCUT2D eigenvalue weighted by molar-refractivity contribution is 0.202. The maximum Gasteiger partial charge on any atom is 0.388 e. The van der Waals surface area contributed by atoms with Gasteiger partial charge in [-0.05, 0) is 12.7 Å². The third-order valence-corrected chi connectivity index (χ3v) is 2.04. The van der Waals surface area contributed by atoms with Gasteiger partial charge in [-0.15, -0.1) is 0 Å². The zero-order valence-electron chi connectivity index (χ0n) is 8.21. The normalized spacial score (nSPS) is 18.5. The molecular weight excluding hydrogens is 153 g/mol. The first-order chi connectivity index (χ1) is 6.33. The molecule has 0 aromatic carbocycles. The van der Waals surface area contributed by atoms with Crippen molar-refractivity contribution in [3.05, 3.63) is 0 Å². The molecule has 12 heavy (non-hydrogen) atoms. The van der Waals surface area contributed by atoms with Gasteiger partial charge in [0.1, 0.15) is 0 Å². The highest BCUT2D eigenvalue weighted by atomic mass is 16.5. The molecule has 1 aliphatic rings. The number of rotatable bonds is 3. The van der Waals surface area contributed by atoms with Gasteiger partial charge in [-0.1, -0.05) is 25.7 Å². The maximum atomic E-state index is 10.9. The molecule has 0 saturated heterocycles. The minimum absolute atomic E-state index is 0.193. The fourth-order valence-corrected chi connectivity index (χ4v) is 1.40. The minimum Gasteiger partial charge on any atom is -0.523 e. The molecule has 0 spiro atoms. The summed E-state index contributed by atoms with van der Waals surface area (Å²) >= 11 is 0. The van der Waals surface area contributed by atoms with Crippen molar-refractivity contribution in [2.75, 3.05) is 6.54 Å². The Balaban J connectivity index is 2.00. The summed E-state index contributed by atoms with van der Waals surface area (Å²) in [6.07, 6.45) is 4.30. The smallest absolute Gasteiger partial charge is 0.388 e. The van der Waals surface area contributed by atoms with Gasteiger partial charge in [0.25, 0.3) is 0 Å². The second-order valence-corrected chi connectivity index (χ2v) is 3.01. The highest BCUT2D eigenvalue weighted by molar-refractivity contribution is 6.32. The van der Waals surface area contributed by atoms with E-state index in [1.54, 1.807) is 7.48 Å². The monoisotopic (exact) mass is 170 g/mol. The van der Waals surface area contributed by atoms with Crippen molar-refractivity contribution < 1.29 is 10.8 Å². The number of amides is 1. The molecular formula is C8H15BNO2. The molecule has 0 aliphatic heterocycles. The SMILES string of the molecule is [3H]CCNC(=O)O[B]C1CCCC1. The van der Waals surface area contributed by atoms with E-state index in [1.807, 2.05) is 0 Å². The van der Waals surface area contributed by atoms with Crippen LogP contribution in [0, 0.1) is 0 Å². The number of hydrogen-bond acceptors (Lipinski definition) is 2. The van der Waals surface area contributed by atoms with E-state index in [2.05, 4.69) is 5.32 Å². The van der Waals surface area contributed by atoms with Gasteiger partial charge in [-0.3, -0.25) is 0 Å². The first kappa shape index (κ1) is 7.96. The van der Waals surface area contributed by atoms with E-state index in [0.717, 1.165) is 12.8 Å². The molecule has 1 N–H and O–H groups in total. The van der Waals surface area contributed by atoms with Crippen molar-refractivity contribution in [1.82, 2.24) is 5.32 Å². The molecule has 0 aromatic heterocycles. The van der Waals surface area contributed by atoms with Gasteiger partial charge in [0.15, 0.2) is 0 Å². The van der Waals surface area contributed by atoms with Crippen LogP contribution in [0.2, 0.25) is 5.82 Å².